The number of ether oxygens (including phenoxy) is 1. The van der Waals surface area contributed by atoms with Crippen LogP contribution in [0.15, 0.2) is 0 Å². The van der Waals surface area contributed by atoms with Crippen LogP contribution in [-0.2, 0) is 9.53 Å². The van der Waals surface area contributed by atoms with E-state index in [2.05, 4.69) is 10.6 Å². The van der Waals surface area contributed by atoms with Crippen molar-refractivity contribution in [1.29, 1.82) is 0 Å². The van der Waals surface area contributed by atoms with Crippen LogP contribution in [0.2, 0.25) is 0 Å². The number of carbonyl (C=O) groups excluding carboxylic acids is 1. The first kappa shape index (κ1) is 12.7. The van der Waals surface area contributed by atoms with Gasteiger partial charge in [0.25, 0.3) is 0 Å². The Balaban J connectivity index is 2.21. The minimum atomic E-state index is -1.27. The highest BCUT2D eigenvalue weighted by Gasteiger charge is 2.20. The maximum Gasteiger partial charge on any atom is 0.328 e. The van der Waals surface area contributed by atoms with Crippen LogP contribution in [0.5, 0.6) is 0 Å². The molecule has 4 N–H and O–H groups in total. The van der Waals surface area contributed by atoms with Gasteiger partial charge in [0.1, 0.15) is 0 Å². The van der Waals surface area contributed by atoms with Gasteiger partial charge in [-0.05, 0) is 12.8 Å². The standard InChI is InChI=1S/C9H16N2O5/c12-5-7(8(13)14)11-9(15)10-4-6-2-1-3-16-6/h6-7,12H,1-5H2,(H,13,14)(H2,10,11,15)/t6?,7-/m0/s1. The summed E-state index contributed by atoms with van der Waals surface area (Å²) in [6.45, 7) is 0.411. The van der Waals surface area contributed by atoms with E-state index in [4.69, 9.17) is 14.9 Å². The number of aliphatic hydroxyl groups is 1. The zero-order valence-electron chi connectivity index (χ0n) is 8.81. The summed E-state index contributed by atoms with van der Waals surface area (Å²) in [5.41, 5.74) is 0. The zero-order valence-corrected chi connectivity index (χ0v) is 8.81. The van der Waals surface area contributed by atoms with Gasteiger partial charge in [-0.2, -0.15) is 0 Å². The van der Waals surface area contributed by atoms with Gasteiger partial charge in [0.05, 0.1) is 12.7 Å². The van der Waals surface area contributed by atoms with Crippen molar-refractivity contribution in [2.75, 3.05) is 19.8 Å². The van der Waals surface area contributed by atoms with E-state index in [1.165, 1.54) is 0 Å². The van der Waals surface area contributed by atoms with Gasteiger partial charge >= 0.3 is 12.0 Å². The Morgan fingerprint density at radius 2 is 2.25 bits per heavy atom. The number of aliphatic carboxylic acids is 1. The number of nitrogens with one attached hydrogen (secondary N) is 2. The molecule has 1 aliphatic rings. The van der Waals surface area contributed by atoms with Crippen molar-refractivity contribution >= 4 is 12.0 Å². The molecule has 1 unspecified atom stereocenters. The molecule has 0 aromatic carbocycles. The van der Waals surface area contributed by atoms with Crippen LogP contribution >= 0.6 is 0 Å². The van der Waals surface area contributed by atoms with E-state index < -0.39 is 24.6 Å². The van der Waals surface area contributed by atoms with Gasteiger partial charge in [-0.3, -0.25) is 0 Å². The predicted octanol–water partition coefficient (Wildman–Crippen LogP) is -1.09. The molecule has 2 amide bonds. The van der Waals surface area contributed by atoms with Crippen LogP contribution < -0.4 is 10.6 Å². The average Bonchev–Trinajstić information content (AvgIpc) is 2.75. The van der Waals surface area contributed by atoms with E-state index in [0.717, 1.165) is 12.8 Å². The molecule has 1 aliphatic heterocycles. The Bertz CT molecular complexity index is 252. The number of hydrogen-bond donors (Lipinski definition) is 4. The van der Waals surface area contributed by atoms with E-state index in [9.17, 15) is 9.59 Å². The van der Waals surface area contributed by atoms with Gasteiger partial charge in [0.15, 0.2) is 6.04 Å². The summed E-state index contributed by atoms with van der Waals surface area (Å²) in [6, 6.07) is -1.89. The Hall–Kier alpha value is -1.34. The van der Waals surface area contributed by atoms with Crippen molar-refractivity contribution in [3.8, 4) is 0 Å². The second kappa shape index (κ2) is 6.29. The van der Waals surface area contributed by atoms with E-state index in [1.807, 2.05) is 0 Å². The molecule has 0 spiro atoms. The number of carboxylic acids is 1. The summed E-state index contributed by atoms with van der Waals surface area (Å²) in [5, 5.41) is 21.9. The lowest BCUT2D eigenvalue weighted by atomic mass is 10.2. The van der Waals surface area contributed by atoms with Crippen LogP contribution in [0.3, 0.4) is 0 Å². The first-order valence-corrected chi connectivity index (χ1v) is 5.13. The second-order valence-electron chi connectivity index (χ2n) is 3.56. The molecule has 7 nitrogen and oxygen atoms in total. The van der Waals surface area contributed by atoms with Crippen LogP contribution in [0.4, 0.5) is 4.79 Å². The van der Waals surface area contributed by atoms with Gasteiger partial charge < -0.3 is 25.6 Å². The molecule has 1 fully saturated rings. The van der Waals surface area contributed by atoms with E-state index in [0.29, 0.717) is 13.2 Å². The molecule has 0 radical (unpaired) electrons. The first-order chi connectivity index (χ1) is 7.63. The quantitative estimate of drug-likeness (QED) is 0.481. The Kier molecular flexibility index (Phi) is 5.00. The molecule has 0 saturated carbocycles. The third-order valence-electron chi connectivity index (χ3n) is 2.30. The molecule has 0 aromatic rings. The van der Waals surface area contributed by atoms with E-state index >= 15 is 0 Å². The highest BCUT2D eigenvalue weighted by atomic mass is 16.5. The Morgan fingerprint density at radius 1 is 1.50 bits per heavy atom. The molecule has 1 heterocycles. The molecule has 92 valence electrons. The van der Waals surface area contributed by atoms with Crippen LogP contribution in [0.25, 0.3) is 0 Å². The molecule has 1 rings (SSSR count). The molecular weight excluding hydrogens is 216 g/mol. The van der Waals surface area contributed by atoms with Gasteiger partial charge in [-0.1, -0.05) is 0 Å². The predicted molar refractivity (Wildman–Crippen MR) is 54.0 cm³/mol. The van der Waals surface area contributed by atoms with Crippen molar-refractivity contribution in [1.82, 2.24) is 10.6 Å². The minimum absolute atomic E-state index is 0.00292. The van der Waals surface area contributed by atoms with Crippen molar-refractivity contribution in [2.45, 2.75) is 25.0 Å². The van der Waals surface area contributed by atoms with Crippen LogP contribution in [0, 0.1) is 0 Å². The minimum Gasteiger partial charge on any atom is -0.480 e. The molecule has 16 heavy (non-hydrogen) atoms. The van der Waals surface area contributed by atoms with Crippen molar-refractivity contribution in [3.05, 3.63) is 0 Å². The molecule has 1 saturated heterocycles. The number of urea groups is 1. The largest absolute Gasteiger partial charge is 0.480 e. The number of hydrogen-bond acceptors (Lipinski definition) is 4. The fourth-order valence-corrected chi connectivity index (χ4v) is 1.41. The maximum absolute atomic E-state index is 11.2. The lowest BCUT2D eigenvalue weighted by Crippen LogP contribution is -2.49. The average molecular weight is 232 g/mol. The smallest absolute Gasteiger partial charge is 0.328 e. The topological polar surface area (TPSA) is 108 Å². The van der Waals surface area contributed by atoms with Gasteiger partial charge in [0, 0.05) is 13.2 Å². The third kappa shape index (κ3) is 4.03. The molecule has 2 atom stereocenters. The second-order valence-corrected chi connectivity index (χ2v) is 3.56. The summed E-state index contributed by atoms with van der Waals surface area (Å²) < 4.78 is 5.27. The normalized spacial score (nSPS) is 21.4. The summed E-state index contributed by atoms with van der Waals surface area (Å²) >= 11 is 0. The number of carboxylic acid groups (broad SMARTS) is 1. The zero-order chi connectivity index (χ0) is 12.0. The lowest BCUT2D eigenvalue weighted by molar-refractivity contribution is -0.140. The van der Waals surface area contributed by atoms with Crippen molar-refractivity contribution in [2.24, 2.45) is 0 Å². The van der Waals surface area contributed by atoms with Crippen LogP contribution in [0.1, 0.15) is 12.8 Å². The summed E-state index contributed by atoms with van der Waals surface area (Å²) in [4.78, 5) is 21.7. The van der Waals surface area contributed by atoms with Gasteiger partial charge in [0.2, 0.25) is 0 Å². The molecule has 0 bridgehead atoms. The Labute approximate surface area is 92.8 Å². The fourth-order valence-electron chi connectivity index (χ4n) is 1.41. The van der Waals surface area contributed by atoms with Gasteiger partial charge in [-0.15, -0.1) is 0 Å². The number of aliphatic hydroxyl groups excluding tert-OH is 1. The van der Waals surface area contributed by atoms with Crippen LogP contribution in [-0.4, -0.2) is 54.1 Å². The monoisotopic (exact) mass is 232 g/mol. The third-order valence-corrected chi connectivity index (χ3v) is 2.30. The van der Waals surface area contributed by atoms with Crippen molar-refractivity contribution < 1.29 is 24.5 Å². The first-order valence-electron chi connectivity index (χ1n) is 5.13. The molecule has 7 heteroatoms. The summed E-state index contributed by atoms with van der Waals surface area (Å²) in [6.07, 6.45) is 1.87. The fraction of sp³-hybridized carbons (Fsp3) is 0.778. The number of carbonyl (C=O) groups is 2. The molecular formula is C9H16N2O5. The number of rotatable bonds is 5. The lowest BCUT2D eigenvalue weighted by Gasteiger charge is -2.14. The molecule has 0 aromatic heterocycles. The van der Waals surface area contributed by atoms with E-state index in [-0.39, 0.29) is 6.10 Å². The summed E-state index contributed by atoms with van der Waals surface area (Å²) in [7, 11) is 0. The highest BCUT2D eigenvalue weighted by Crippen LogP contribution is 2.10. The SMILES string of the molecule is O=C(NCC1CCCO1)N[C@@H](CO)C(=O)O. The molecule has 0 aliphatic carbocycles. The highest BCUT2D eigenvalue weighted by molar-refractivity contribution is 5.82. The summed E-state index contributed by atoms with van der Waals surface area (Å²) in [5.74, 6) is -1.27. The van der Waals surface area contributed by atoms with Gasteiger partial charge in [-0.25, -0.2) is 9.59 Å². The Morgan fingerprint density at radius 3 is 2.75 bits per heavy atom. The van der Waals surface area contributed by atoms with E-state index in [1.54, 1.807) is 0 Å². The number of amides is 2. The van der Waals surface area contributed by atoms with Crippen molar-refractivity contribution in [3.63, 3.8) is 0 Å². The maximum atomic E-state index is 11.2.